The third-order valence-electron chi connectivity index (χ3n) is 8.63. The SMILES string of the molecule is O=C(Nc1nccs1)C(c1ncn2c1C[C@@H](F)C2)n1cc2c(Cl)cc(-c3ccc(CN4CCC(F)(CO)CC4)cc3)c(Cl)c2n1. The van der Waals surface area contributed by atoms with Crippen LogP contribution in [0.2, 0.25) is 10.0 Å². The number of halogens is 4. The predicted molar refractivity (Wildman–Crippen MR) is 170 cm³/mol. The van der Waals surface area contributed by atoms with Crippen molar-refractivity contribution in [2.45, 2.75) is 50.2 Å². The molecule has 2 aliphatic rings. The number of amides is 1. The smallest absolute Gasteiger partial charge is 0.257 e. The third kappa shape index (κ3) is 5.85. The van der Waals surface area contributed by atoms with E-state index in [1.807, 2.05) is 24.3 Å². The van der Waals surface area contributed by atoms with E-state index in [2.05, 4.69) is 20.2 Å². The van der Waals surface area contributed by atoms with Crippen LogP contribution in [0.25, 0.3) is 22.0 Å². The molecule has 2 N–H and O–H groups in total. The second-order valence-electron chi connectivity index (χ2n) is 11.6. The molecule has 5 aromatic rings. The number of rotatable bonds is 8. The van der Waals surface area contributed by atoms with Gasteiger partial charge >= 0.3 is 0 Å². The molecule has 0 saturated carbocycles. The standard InChI is InChI=1S/C31H29Cl2F2N7O2S/c32-23-12-21(19-3-1-18(2-4-19)13-40-8-5-31(35,16-43)6-9-40)25(33)26-22(23)15-42(39-26)28(29(44)38-30-36-7-10-45-30)27-24-11-20(34)14-41(24)17-37-27/h1-4,7,10,12,15,17,20,28,43H,5-6,8-9,11,13-14,16H2,(H,36,38,44)/t20-,28?/m1/s1. The maximum Gasteiger partial charge on any atom is 0.257 e. The lowest BCUT2D eigenvalue weighted by Gasteiger charge is -2.35. The lowest BCUT2D eigenvalue weighted by molar-refractivity contribution is -0.118. The van der Waals surface area contributed by atoms with Crippen LogP contribution in [0.5, 0.6) is 0 Å². The fourth-order valence-corrected chi connectivity index (χ4v) is 7.21. The van der Waals surface area contributed by atoms with Gasteiger partial charge in [-0.2, -0.15) is 5.10 Å². The Labute approximate surface area is 271 Å². The van der Waals surface area contributed by atoms with Gasteiger partial charge in [0.25, 0.3) is 5.91 Å². The number of carbonyl (C=O) groups is 1. The topological polar surface area (TPSA) is 101 Å². The first-order chi connectivity index (χ1) is 21.7. The quantitative estimate of drug-likeness (QED) is 0.207. The molecule has 45 heavy (non-hydrogen) atoms. The molecular formula is C31H29Cl2F2N7O2S. The second-order valence-corrected chi connectivity index (χ2v) is 13.3. The van der Waals surface area contributed by atoms with Crippen molar-refractivity contribution in [3.63, 3.8) is 0 Å². The lowest BCUT2D eigenvalue weighted by atomic mass is 9.94. The van der Waals surface area contributed by atoms with E-state index in [9.17, 15) is 18.7 Å². The van der Waals surface area contributed by atoms with Crippen molar-refractivity contribution in [3.05, 3.63) is 81.4 Å². The summed E-state index contributed by atoms with van der Waals surface area (Å²) in [5.41, 5.74) is 2.57. The van der Waals surface area contributed by atoms with Gasteiger partial charge in [-0.1, -0.05) is 47.5 Å². The van der Waals surface area contributed by atoms with Crippen LogP contribution < -0.4 is 5.32 Å². The van der Waals surface area contributed by atoms with Crippen LogP contribution in [-0.2, 0) is 24.3 Å². The normalized spacial score (nSPS) is 18.7. The Morgan fingerprint density at radius 3 is 2.69 bits per heavy atom. The van der Waals surface area contributed by atoms with Gasteiger partial charge in [0.1, 0.15) is 17.4 Å². The fourth-order valence-electron chi connectivity index (χ4n) is 6.13. The minimum atomic E-state index is -1.48. The number of thiazole rings is 1. The van der Waals surface area contributed by atoms with Gasteiger partial charge in [0.15, 0.2) is 11.2 Å². The maximum absolute atomic E-state index is 14.4. The Morgan fingerprint density at radius 1 is 1.20 bits per heavy atom. The Kier molecular flexibility index (Phi) is 8.11. The number of piperidine rings is 1. The monoisotopic (exact) mass is 671 g/mol. The molecule has 1 fully saturated rings. The zero-order chi connectivity index (χ0) is 31.3. The minimum absolute atomic E-state index is 0.149. The van der Waals surface area contributed by atoms with Gasteiger partial charge in [-0.15, -0.1) is 11.3 Å². The van der Waals surface area contributed by atoms with Crippen molar-refractivity contribution < 1.29 is 18.7 Å². The molecule has 234 valence electrons. The van der Waals surface area contributed by atoms with Crippen molar-refractivity contribution in [2.24, 2.45) is 0 Å². The molecule has 14 heteroatoms. The summed E-state index contributed by atoms with van der Waals surface area (Å²) < 4.78 is 31.9. The van der Waals surface area contributed by atoms with E-state index in [4.69, 9.17) is 28.3 Å². The third-order valence-corrected chi connectivity index (χ3v) is 10.0. The molecule has 3 aromatic heterocycles. The number of hydrogen-bond donors (Lipinski definition) is 2. The summed E-state index contributed by atoms with van der Waals surface area (Å²) in [5, 5.41) is 20.4. The number of anilines is 1. The summed E-state index contributed by atoms with van der Waals surface area (Å²) in [4.78, 5) is 24.5. The van der Waals surface area contributed by atoms with E-state index in [0.717, 1.165) is 11.1 Å². The molecule has 1 saturated heterocycles. The van der Waals surface area contributed by atoms with Crippen LogP contribution >= 0.6 is 34.5 Å². The van der Waals surface area contributed by atoms with Crippen molar-refractivity contribution in [3.8, 4) is 11.1 Å². The number of aliphatic hydroxyl groups excluding tert-OH is 1. The van der Waals surface area contributed by atoms with E-state index in [-0.39, 0.29) is 13.0 Å². The number of alkyl halides is 2. The average molecular weight is 673 g/mol. The maximum atomic E-state index is 14.4. The largest absolute Gasteiger partial charge is 0.393 e. The number of hydrogen-bond acceptors (Lipinski definition) is 7. The van der Waals surface area contributed by atoms with Crippen LogP contribution in [0.15, 0.2) is 54.4 Å². The van der Waals surface area contributed by atoms with Crippen molar-refractivity contribution in [2.75, 3.05) is 25.0 Å². The van der Waals surface area contributed by atoms with Crippen molar-refractivity contribution in [1.29, 1.82) is 0 Å². The number of nitrogens with zero attached hydrogens (tertiary/aromatic N) is 6. The van der Waals surface area contributed by atoms with Crippen LogP contribution in [-0.4, -0.2) is 71.8 Å². The highest BCUT2D eigenvalue weighted by atomic mass is 35.5. The number of carbonyl (C=O) groups excluding carboxylic acids is 1. The summed E-state index contributed by atoms with van der Waals surface area (Å²) in [6, 6.07) is 8.68. The van der Waals surface area contributed by atoms with E-state index in [1.54, 1.807) is 34.7 Å². The van der Waals surface area contributed by atoms with Crippen molar-refractivity contribution >= 4 is 56.5 Å². The van der Waals surface area contributed by atoms with Crippen LogP contribution in [0, 0.1) is 0 Å². The summed E-state index contributed by atoms with van der Waals surface area (Å²) in [6.45, 7) is 1.58. The second kappa shape index (κ2) is 12.1. The number of aliphatic hydroxyl groups is 1. The van der Waals surface area contributed by atoms with Gasteiger partial charge in [-0.05, 0) is 30.0 Å². The molecule has 2 aliphatic heterocycles. The van der Waals surface area contributed by atoms with E-state index >= 15 is 0 Å². The highest BCUT2D eigenvalue weighted by molar-refractivity contribution is 7.13. The summed E-state index contributed by atoms with van der Waals surface area (Å²) in [7, 11) is 0. The van der Waals surface area contributed by atoms with E-state index in [0.29, 0.717) is 75.5 Å². The fraction of sp³-hybridized carbons (Fsp3) is 0.355. The Bertz CT molecular complexity index is 1850. The number of imidazole rings is 1. The Hall–Kier alpha value is -3.42. The van der Waals surface area contributed by atoms with Gasteiger partial charge in [0, 0.05) is 60.5 Å². The molecular weight excluding hydrogens is 643 g/mol. The molecule has 0 bridgehead atoms. The molecule has 2 aromatic carbocycles. The first-order valence-electron chi connectivity index (χ1n) is 14.6. The van der Waals surface area contributed by atoms with Gasteiger partial charge in [0.05, 0.1) is 35.2 Å². The molecule has 7 rings (SSSR count). The molecule has 0 spiro atoms. The van der Waals surface area contributed by atoms with Crippen LogP contribution in [0.3, 0.4) is 0 Å². The molecule has 5 heterocycles. The zero-order valence-corrected chi connectivity index (χ0v) is 26.3. The summed E-state index contributed by atoms with van der Waals surface area (Å²) in [5.74, 6) is -0.424. The first kappa shape index (κ1) is 30.2. The molecule has 2 atom stereocenters. The summed E-state index contributed by atoms with van der Waals surface area (Å²) >= 11 is 15.0. The number of nitrogens with one attached hydrogen (secondary N) is 1. The van der Waals surface area contributed by atoms with Gasteiger partial charge in [-0.25, -0.2) is 18.7 Å². The van der Waals surface area contributed by atoms with E-state index in [1.165, 1.54) is 16.0 Å². The minimum Gasteiger partial charge on any atom is -0.393 e. The highest BCUT2D eigenvalue weighted by Gasteiger charge is 2.35. The zero-order valence-electron chi connectivity index (χ0n) is 24.0. The van der Waals surface area contributed by atoms with Crippen molar-refractivity contribution in [1.82, 2.24) is 29.2 Å². The summed E-state index contributed by atoms with van der Waals surface area (Å²) in [6.07, 6.45) is 4.53. The molecule has 0 aliphatic carbocycles. The number of benzene rings is 2. The number of fused-ring (bicyclic) bond motifs is 2. The first-order valence-corrected chi connectivity index (χ1v) is 16.2. The van der Waals surface area contributed by atoms with Crippen LogP contribution in [0.4, 0.5) is 13.9 Å². The van der Waals surface area contributed by atoms with Gasteiger partial charge < -0.3 is 9.67 Å². The van der Waals surface area contributed by atoms with Crippen LogP contribution in [0.1, 0.15) is 35.8 Å². The average Bonchev–Trinajstić information content (AvgIpc) is 3.84. The number of aromatic nitrogens is 5. The molecule has 1 amide bonds. The van der Waals surface area contributed by atoms with Gasteiger partial charge in [-0.3, -0.25) is 19.7 Å². The lowest BCUT2D eigenvalue weighted by Crippen LogP contribution is -2.43. The van der Waals surface area contributed by atoms with E-state index < -0.39 is 30.4 Å². The Morgan fingerprint density at radius 2 is 1.98 bits per heavy atom. The highest BCUT2D eigenvalue weighted by Crippen LogP contribution is 2.40. The molecule has 0 radical (unpaired) electrons. The predicted octanol–water partition coefficient (Wildman–Crippen LogP) is 6.08. The number of likely N-dealkylation sites (tertiary alicyclic amines) is 1. The molecule has 1 unspecified atom stereocenters. The van der Waals surface area contributed by atoms with Gasteiger partial charge in [0.2, 0.25) is 0 Å². The molecule has 9 nitrogen and oxygen atoms in total. The Balaban J connectivity index is 1.19.